The minimum atomic E-state index is -0.342. The van der Waals surface area contributed by atoms with E-state index in [0.717, 1.165) is 0 Å². The molecule has 1 unspecified atom stereocenters. The molecule has 0 heterocycles. The SMILES string of the molecule is CC(=O)C(C)Cc1ccc(Cl)cc1F. The highest BCUT2D eigenvalue weighted by Crippen LogP contribution is 2.17. The molecule has 0 N–H and O–H groups in total. The zero-order valence-corrected chi connectivity index (χ0v) is 8.94. The third kappa shape index (κ3) is 2.81. The van der Waals surface area contributed by atoms with Gasteiger partial charge >= 0.3 is 0 Å². The summed E-state index contributed by atoms with van der Waals surface area (Å²) < 4.78 is 13.3. The lowest BCUT2D eigenvalue weighted by molar-refractivity contribution is -0.120. The van der Waals surface area contributed by atoms with E-state index in [1.165, 1.54) is 13.0 Å². The fourth-order valence-electron chi connectivity index (χ4n) is 1.16. The summed E-state index contributed by atoms with van der Waals surface area (Å²) in [6, 6.07) is 4.52. The standard InChI is InChI=1S/C11H12ClFO/c1-7(8(2)14)5-9-3-4-10(12)6-11(9)13/h3-4,6-7H,5H2,1-2H3. The first-order valence-corrected chi connectivity index (χ1v) is 4.83. The topological polar surface area (TPSA) is 17.1 Å². The monoisotopic (exact) mass is 214 g/mol. The van der Waals surface area contributed by atoms with Crippen LogP contribution in [0.4, 0.5) is 4.39 Å². The third-order valence-electron chi connectivity index (χ3n) is 2.24. The van der Waals surface area contributed by atoms with E-state index in [0.29, 0.717) is 17.0 Å². The molecule has 0 saturated heterocycles. The molecule has 14 heavy (non-hydrogen) atoms. The van der Waals surface area contributed by atoms with Crippen LogP contribution in [0.5, 0.6) is 0 Å². The number of hydrogen-bond acceptors (Lipinski definition) is 1. The number of hydrogen-bond donors (Lipinski definition) is 0. The van der Waals surface area contributed by atoms with E-state index in [9.17, 15) is 9.18 Å². The van der Waals surface area contributed by atoms with E-state index in [4.69, 9.17) is 11.6 Å². The number of rotatable bonds is 3. The molecule has 0 amide bonds. The molecular weight excluding hydrogens is 203 g/mol. The summed E-state index contributed by atoms with van der Waals surface area (Å²) in [5, 5.41) is 0.377. The molecule has 0 aliphatic carbocycles. The normalized spacial score (nSPS) is 12.6. The highest BCUT2D eigenvalue weighted by molar-refractivity contribution is 6.30. The number of ketones is 1. The first kappa shape index (κ1) is 11.2. The lowest BCUT2D eigenvalue weighted by Gasteiger charge is -2.08. The van der Waals surface area contributed by atoms with Gasteiger partial charge in [-0.3, -0.25) is 4.79 Å². The van der Waals surface area contributed by atoms with Crippen molar-refractivity contribution in [1.82, 2.24) is 0 Å². The van der Waals surface area contributed by atoms with Crippen LogP contribution in [0.2, 0.25) is 5.02 Å². The maximum atomic E-state index is 13.3. The first-order chi connectivity index (χ1) is 6.50. The molecule has 0 aliphatic rings. The molecule has 0 aliphatic heterocycles. The summed E-state index contributed by atoms with van der Waals surface area (Å²) in [6.07, 6.45) is 0.429. The van der Waals surface area contributed by atoms with Gasteiger partial charge in [-0.1, -0.05) is 24.6 Å². The summed E-state index contributed by atoms with van der Waals surface area (Å²) >= 11 is 5.61. The Balaban J connectivity index is 2.82. The average Bonchev–Trinajstić information content (AvgIpc) is 2.09. The van der Waals surface area contributed by atoms with E-state index in [1.54, 1.807) is 19.1 Å². The molecule has 1 aromatic carbocycles. The maximum absolute atomic E-state index is 13.3. The molecule has 0 fully saturated rings. The van der Waals surface area contributed by atoms with Crippen LogP contribution in [-0.4, -0.2) is 5.78 Å². The van der Waals surface area contributed by atoms with Crippen molar-refractivity contribution in [3.63, 3.8) is 0 Å². The van der Waals surface area contributed by atoms with E-state index in [2.05, 4.69) is 0 Å². The molecule has 0 radical (unpaired) electrons. The molecule has 1 nitrogen and oxygen atoms in total. The largest absolute Gasteiger partial charge is 0.300 e. The molecule has 3 heteroatoms. The number of Topliss-reactive ketones (excluding diaryl/α,β-unsaturated/α-hetero) is 1. The summed E-state index contributed by atoms with van der Waals surface area (Å²) in [5.74, 6) is -0.421. The van der Waals surface area contributed by atoms with Crippen LogP contribution in [-0.2, 0) is 11.2 Å². The van der Waals surface area contributed by atoms with Crippen LogP contribution >= 0.6 is 11.6 Å². The summed E-state index contributed by atoms with van der Waals surface area (Å²) in [5.41, 5.74) is 0.539. The Kier molecular flexibility index (Phi) is 3.64. The molecule has 0 saturated carbocycles. The Morgan fingerprint density at radius 1 is 1.57 bits per heavy atom. The van der Waals surface area contributed by atoms with Crippen LogP contribution in [0.25, 0.3) is 0 Å². The molecule has 0 aromatic heterocycles. The lowest BCUT2D eigenvalue weighted by Crippen LogP contribution is -2.10. The summed E-state index contributed by atoms with van der Waals surface area (Å²) in [7, 11) is 0. The highest BCUT2D eigenvalue weighted by Gasteiger charge is 2.11. The van der Waals surface area contributed by atoms with Crippen LogP contribution < -0.4 is 0 Å². The molecular formula is C11H12ClFO. The highest BCUT2D eigenvalue weighted by atomic mass is 35.5. The molecule has 0 bridgehead atoms. The molecule has 1 aromatic rings. The number of carbonyl (C=O) groups excluding carboxylic acids is 1. The van der Waals surface area contributed by atoms with Crippen molar-refractivity contribution in [2.24, 2.45) is 5.92 Å². The summed E-state index contributed by atoms with van der Waals surface area (Å²) in [4.78, 5) is 11.0. The zero-order chi connectivity index (χ0) is 10.7. The Morgan fingerprint density at radius 2 is 2.21 bits per heavy atom. The van der Waals surface area contributed by atoms with Gasteiger partial charge < -0.3 is 0 Å². The van der Waals surface area contributed by atoms with Gasteiger partial charge in [0.15, 0.2) is 0 Å². The second-order valence-electron chi connectivity index (χ2n) is 3.45. The second kappa shape index (κ2) is 4.56. The van der Waals surface area contributed by atoms with Crippen LogP contribution in [0.1, 0.15) is 19.4 Å². The summed E-state index contributed by atoms with van der Waals surface area (Å²) in [6.45, 7) is 3.30. The molecule has 0 spiro atoms. The second-order valence-corrected chi connectivity index (χ2v) is 3.89. The molecule has 1 atom stereocenters. The Hall–Kier alpha value is -0.890. The quantitative estimate of drug-likeness (QED) is 0.755. The average molecular weight is 215 g/mol. The van der Waals surface area contributed by atoms with Crippen LogP contribution in [0.3, 0.4) is 0 Å². The predicted molar refractivity (Wildman–Crippen MR) is 55.0 cm³/mol. The van der Waals surface area contributed by atoms with E-state index < -0.39 is 0 Å². The first-order valence-electron chi connectivity index (χ1n) is 4.45. The van der Waals surface area contributed by atoms with Crippen molar-refractivity contribution >= 4 is 17.4 Å². The minimum absolute atomic E-state index is 0.0688. The van der Waals surface area contributed by atoms with Crippen molar-refractivity contribution in [3.05, 3.63) is 34.6 Å². The van der Waals surface area contributed by atoms with Gasteiger partial charge in [0.2, 0.25) is 0 Å². The van der Waals surface area contributed by atoms with Gasteiger partial charge in [0.05, 0.1) is 0 Å². The Labute approximate surface area is 87.9 Å². The fraction of sp³-hybridized carbons (Fsp3) is 0.364. The van der Waals surface area contributed by atoms with Crippen molar-refractivity contribution in [1.29, 1.82) is 0 Å². The van der Waals surface area contributed by atoms with E-state index in [1.807, 2.05) is 0 Å². The van der Waals surface area contributed by atoms with Gasteiger partial charge in [0, 0.05) is 10.9 Å². The Morgan fingerprint density at radius 3 is 2.71 bits per heavy atom. The van der Waals surface area contributed by atoms with Crippen molar-refractivity contribution in [3.8, 4) is 0 Å². The fourth-order valence-corrected chi connectivity index (χ4v) is 1.32. The van der Waals surface area contributed by atoms with Crippen LogP contribution in [0, 0.1) is 11.7 Å². The van der Waals surface area contributed by atoms with Gasteiger partial charge in [0.1, 0.15) is 11.6 Å². The van der Waals surface area contributed by atoms with Gasteiger partial charge in [0.25, 0.3) is 0 Å². The smallest absolute Gasteiger partial charge is 0.132 e. The van der Waals surface area contributed by atoms with Crippen molar-refractivity contribution in [2.45, 2.75) is 20.3 Å². The zero-order valence-electron chi connectivity index (χ0n) is 8.18. The van der Waals surface area contributed by atoms with Gasteiger partial charge in [-0.05, 0) is 31.0 Å². The number of halogens is 2. The van der Waals surface area contributed by atoms with E-state index in [-0.39, 0.29) is 17.5 Å². The minimum Gasteiger partial charge on any atom is -0.300 e. The maximum Gasteiger partial charge on any atom is 0.132 e. The van der Waals surface area contributed by atoms with Gasteiger partial charge in [-0.15, -0.1) is 0 Å². The number of carbonyl (C=O) groups is 1. The van der Waals surface area contributed by atoms with E-state index >= 15 is 0 Å². The third-order valence-corrected chi connectivity index (χ3v) is 2.47. The molecule has 76 valence electrons. The lowest BCUT2D eigenvalue weighted by atomic mass is 9.98. The Bertz CT molecular complexity index is 349. The van der Waals surface area contributed by atoms with Gasteiger partial charge in [-0.25, -0.2) is 4.39 Å². The van der Waals surface area contributed by atoms with Gasteiger partial charge in [-0.2, -0.15) is 0 Å². The van der Waals surface area contributed by atoms with Crippen molar-refractivity contribution < 1.29 is 9.18 Å². The van der Waals surface area contributed by atoms with Crippen LogP contribution in [0.15, 0.2) is 18.2 Å². The van der Waals surface area contributed by atoms with Crippen molar-refractivity contribution in [2.75, 3.05) is 0 Å². The molecule has 1 rings (SSSR count). The number of benzene rings is 1. The predicted octanol–water partition coefficient (Wildman–Crippen LogP) is 3.25.